The molecule has 0 bridgehead atoms. The Balaban J connectivity index is 2.23. The molecule has 3 N–H and O–H groups in total. The van der Waals surface area contributed by atoms with Gasteiger partial charge in [-0.2, -0.15) is 0 Å². The molecule has 1 atom stereocenters. The molecule has 1 aromatic heterocycles. The molecule has 2 aromatic rings. The van der Waals surface area contributed by atoms with Gasteiger partial charge in [-0.25, -0.2) is 4.98 Å². The first-order valence-electron chi connectivity index (χ1n) is 6.05. The van der Waals surface area contributed by atoms with Crippen molar-refractivity contribution in [3.05, 3.63) is 40.9 Å². The van der Waals surface area contributed by atoms with Gasteiger partial charge in [0.2, 0.25) is 0 Å². The van der Waals surface area contributed by atoms with Gasteiger partial charge in [-0.3, -0.25) is 0 Å². The largest absolute Gasteiger partial charge is 0.385 e. The topological polar surface area (TPSA) is 59.1 Å². The number of thiazole rings is 1. The van der Waals surface area contributed by atoms with Gasteiger partial charge in [0.1, 0.15) is 11.1 Å². The number of aliphatic hydroxyl groups is 1. The Morgan fingerprint density at radius 1 is 1.28 bits per heavy atom. The molecule has 0 radical (unpaired) electrons. The van der Waals surface area contributed by atoms with Crippen LogP contribution in [0.25, 0.3) is 10.6 Å². The number of aliphatic hydroxyl groups excluding tert-OH is 1. The maximum absolute atomic E-state index is 9.63. The summed E-state index contributed by atoms with van der Waals surface area (Å²) in [5.74, 6) is 0.532. The fourth-order valence-electron chi connectivity index (χ4n) is 1.70. The van der Waals surface area contributed by atoms with Crippen molar-refractivity contribution in [3.8, 4) is 10.6 Å². The van der Waals surface area contributed by atoms with E-state index < -0.39 is 6.10 Å². The SMILES string of the molecule is CC(C)c1ccc(-c2nc(C(O)CN)cs2)cc1. The monoisotopic (exact) mass is 262 g/mol. The third-order valence-corrected chi connectivity index (χ3v) is 3.82. The molecule has 0 amide bonds. The molecule has 1 aromatic carbocycles. The van der Waals surface area contributed by atoms with E-state index in [9.17, 15) is 5.11 Å². The smallest absolute Gasteiger partial charge is 0.123 e. The maximum Gasteiger partial charge on any atom is 0.123 e. The first-order valence-corrected chi connectivity index (χ1v) is 6.93. The van der Waals surface area contributed by atoms with Gasteiger partial charge < -0.3 is 10.8 Å². The van der Waals surface area contributed by atoms with Crippen molar-refractivity contribution in [1.82, 2.24) is 4.98 Å². The van der Waals surface area contributed by atoms with E-state index in [1.165, 1.54) is 16.9 Å². The number of hydrogen-bond donors (Lipinski definition) is 2. The Bertz CT molecular complexity index is 505. The van der Waals surface area contributed by atoms with Crippen molar-refractivity contribution in [3.63, 3.8) is 0 Å². The number of hydrogen-bond acceptors (Lipinski definition) is 4. The van der Waals surface area contributed by atoms with Gasteiger partial charge in [-0.1, -0.05) is 38.1 Å². The first-order chi connectivity index (χ1) is 8.61. The molecule has 96 valence electrons. The molecule has 1 unspecified atom stereocenters. The number of aromatic nitrogens is 1. The fraction of sp³-hybridized carbons (Fsp3) is 0.357. The quantitative estimate of drug-likeness (QED) is 0.890. The standard InChI is InChI=1S/C14H18N2OS/c1-9(2)10-3-5-11(6-4-10)14-16-12(8-18-14)13(17)7-15/h3-6,8-9,13,17H,7,15H2,1-2H3. The predicted octanol–water partition coefficient (Wildman–Crippen LogP) is 2.93. The van der Waals surface area contributed by atoms with Gasteiger partial charge >= 0.3 is 0 Å². The van der Waals surface area contributed by atoms with Crippen molar-refractivity contribution in [1.29, 1.82) is 0 Å². The van der Waals surface area contributed by atoms with Gasteiger partial charge in [0.15, 0.2) is 0 Å². The van der Waals surface area contributed by atoms with E-state index in [1.807, 2.05) is 5.38 Å². The highest BCUT2D eigenvalue weighted by atomic mass is 32.1. The molecule has 3 nitrogen and oxygen atoms in total. The Labute approximate surface area is 111 Å². The van der Waals surface area contributed by atoms with Gasteiger partial charge in [0, 0.05) is 17.5 Å². The molecule has 1 heterocycles. The summed E-state index contributed by atoms with van der Waals surface area (Å²) in [6.45, 7) is 4.55. The summed E-state index contributed by atoms with van der Waals surface area (Å²) >= 11 is 1.53. The molecule has 0 saturated heterocycles. The van der Waals surface area contributed by atoms with Crippen LogP contribution in [0.2, 0.25) is 0 Å². The van der Waals surface area contributed by atoms with Crippen molar-refractivity contribution < 1.29 is 5.11 Å². The van der Waals surface area contributed by atoms with Crippen molar-refractivity contribution in [2.45, 2.75) is 25.9 Å². The van der Waals surface area contributed by atoms with E-state index in [0.717, 1.165) is 10.6 Å². The minimum Gasteiger partial charge on any atom is -0.385 e. The Morgan fingerprint density at radius 2 is 1.94 bits per heavy atom. The van der Waals surface area contributed by atoms with Gasteiger partial charge in [-0.15, -0.1) is 11.3 Å². The molecule has 0 aliphatic rings. The van der Waals surface area contributed by atoms with Crippen LogP contribution in [0.4, 0.5) is 0 Å². The number of nitrogens with two attached hydrogens (primary N) is 1. The summed E-state index contributed by atoms with van der Waals surface area (Å²) in [6, 6.07) is 8.40. The highest BCUT2D eigenvalue weighted by Crippen LogP contribution is 2.27. The van der Waals surface area contributed by atoms with E-state index >= 15 is 0 Å². The summed E-state index contributed by atoms with van der Waals surface area (Å²) in [4.78, 5) is 4.41. The van der Waals surface area contributed by atoms with Crippen molar-refractivity contribution in [2.24, 2.45) is 5.73 Å². The summed E-state index contributed by atoms with van der Waals surface area (Å²) < 4.78 is 0. The average Bonchev–Trinajstić information content (AvgIpc) is 2.87. The lowest BCUT2D eigenvalue weighted by Gasteiger charge is -2.05. The summed E-state index contributed by atoms with van der Waals surface area (Å²) in [6.07, 6.45) is -0.662. The van der Waals surface area contributed by atoms with Crippen LogP contribution in [-0.2, 0) is 0 Å². The molecule has 0 saturated carbocycles. The van der Waals surface area contributed by atoms with Gasteiger partial charge in [-0.05, 0) is 11.5 Å². The van der Waals surface area contributed by atoms with Crippen LogP contribution in [0, 0.1) is 0 Å². The van der Waals surface area contributed by atoms with E-state index in [0.29, 0.717) is 11.6 Å². The Hall–Kier alpha value is -1.23. The summed E-state index contributed by atoms with van der Waals surface area (Å²) in [7, 11) is 0. The zero-order chi connectivity index (χ0) is 13.1. The molecule has 0 aliphatic heterocycles. The van der Waals surface area contributed by atoms with E-state index in [-0.39, 0.29) is 6.54 Å². The third kappa shape index (κ3) is 2.77. The molecule has 2 rings (SSSR count). The van der Waals surface area contributed by atoms with Crippen LogP contribution in [-0.4, -0.2) is 16.6 Å². The second-order valence-corrected chi connectivity index (χ2v) is 5.46. The van der Waals surface area contributed by atoms with Crippen LogP contribution in [0.1, 0.15) is 37.1 Å². The van der Waals surface area contributed by atoms with E-state index in [4.69, 9.17) is 5.73 Å². The minimum atomic E-state index is -0.662. The Kier molecular flexibility index (Phi) is 4.11. The minimum absolute atomic E-state index is 0.204. The fourth-order valence-corrected chi connectivity index (χ4v) is 2.58. The molecule has 0 spiro atoms. The zero-order valence-electron chi connectivity index (χ0n) is 10.6. The van der Waals surface area contributed by atoms with Crippen LogP contribution in [0.15, 0.2) is 29.6 Å². The van der Waals surface area contributed by atoms with Crippen molar-refractivity contribution in [2.75, 3.05) is 6.54 Å². The molecular weight excluding hydrogens is 244 g/mol. The molecule has 18 heavy (non-hydrogen) atoms. The number of nitrogens with zero attached hydrogens (tertiary/aromatic N) is 1. The molecule has 0 fully saturated rings. The molecule has 0 aliphatic carbocycles. The van der Waals surface area contributed by atoms with Gasteiger partial charge in [0.05, 0.1) is 5.69 Å². The van der Waals surface area contributed by atoms with Crippen LogP contribution in [0.5, 0.6) is 0 Å². The number of rotatable bonds is 4. The highest BCUT2D eigenvalue weighted by molar-refractivity contribution is 7.13. The highest BCUT2D eigenvalue weighted by Gasteiger charge is 2.11. The summed E-state index contributed by atoms with van der Waals surface area (Å²) in [5, 5.41) is 12.4. The van der Waals surface area contributed by atoms with E-state index in [2.05, 4.69) is 43.1 Å². The second kappa shape index (κ2) is 5.61. The Morgan fingerprint density at radius 3 is 2.50 bits per heavy atom. The summed E-state index contributed by atoms with van der Waals surface area (Å²) in [5.41, 5.74) is 8.48. The molecular formula is C14H18N2OS. The zero-order valence-corrected chi connectivity index (χ0v) is 11.4. The van der Waals surface area contributed by atoms with Crippen LogP contribution < -0.4 is 5.73 Å². The maximum atomic E-state index is 9.63. The van der Waals surface area contributed by atoms with Crippen LogP contribution in [0.3, 0.4) is 0 Å². The lowest BCUT2D eigenvalue weighted by Crippen LogP contribution is -2.11. The average molecular weight is 262 g/mol. The second-order valence-electron chi connectivity index (χ2n) is 4.61. The van der Waals surface area contributed by atoms with Crippen molar-refractivity contribution >= 4 is 11.3 Å². The van der Waals surface area contributed by atoms with Crippen LogP contribution >= 0.6 is 11.3 Å². The normalized spacial score (nSPS) is 12.9. The predicted molar refractivity (Wildman–Crippen MR) is 75.7 cm³/mol. The molecule has 4 heteroatoms. The van der Waals surface area contributed by atoms with E-state index in [1.54, 1.807) is 0 Å². The first kappa shape index (κ1) is 13.2. The lowest BCUT2D eigenvalue weighted by molar-refractivity contribution is 0.182. The number of benzene rings is 1. The lowest BCUT2D eigenvalue weighted by atomic mass is 10.0. The third-order valence-electron chi connectivity index (χ3n) is 2.91. The van der Waals surface area contributed by atoms with Gasteiger partial charge in [0.25, 0.3) is 0 Å².